The maximum Gasteiger partial charge on any atom is 0.456 e. The highest BCUT2D eigenvalue weighted by Gasteiger charge is 2.83. The minimum atomic E-state index is -6.87. The largest absolute Gasteiger partial charge is 1.00 e. The van der Waals surface area contributed by atoms with Gasteiger partial charge in [0, 0.05) is 6.08 Å². The molecule has 0 aliphatic heterocycles. The smallest absolute Gasteiger partial charge is 0.456 e. The number of ether oxygens (including phenoxy) is 1. The lowest BCUT2D eigenvalue weighted by Gasteiger charge is -2.39. The summed E-state index contributed by atoms with van der Waals surface area (Å²) < 4.78 is 433. The molecule has 0 saturated heterocycles. The molecule has 5 N–H and O–H groups in total. The third-order valence-electron chi connectivity index (χ3n) is 6.58. The summed E-state index contributed by atoms with van der Waals surface area (Å²) in [6.45, 7) is 2.50. The fourth-order valence-corrected chi connectivity index (χ4v) is 3.02. The Morgan fingerprint density at radius 1 is 0.426 bits per heavy atom. The van der Waals surface area contributed by atoms with Gasteiger partial charge in [-0.25, -0.2) is 31.1 Å². The third-order valence-corrected chi connectivity index (χ3v) is 6.58. The van der Waals surface area contributed by atoms with Gasteiger partial charge in [0.1, 0.15) is 0 Å². The molecule has 0 heterocycles. The number of aliphatic hydroxyl groups is 5. The van der Waals surface area contributed by atoms with E-state index in [-0.39, 0.29) is 7.50 Å². The monoisotopic (exact) mass is 1120 g/mol. The van der Waals surface area contributed by atoms with E-state index in [2.05, 4.69) is 11.3 Å². The number of alkyl halides is 36. The molecule has 0 bridgehead atoms. The molecule has 0 aliphatic rings. The second-order valence-electron chi connectivity index (χ2n) is 11.3. The zero-order chi connectivity index (χ0) is 57.0. The molecular formula is C24H15F36O8-. The standard InChI is InChI=1S/C9H6F10O3.C6H4F10O2.C6H2F10O2.C3H2F6O.H/c1-2-3(20)22-4(8(14,15)16)7(12,13)6(21,5(10)11)9(17,18)19;2*7-2(8)3(18,6(14,15)16)4(9,10)1(17)5(11,12)13;4-2(5,6)1(10)3(7,8)9;/h2,4-5,21H,1H2;1-2,17-18H;2,18H;1,10H;/q;;;;-1. The van der Waals surface area contributed by atoms with Crippen LogP contribution in [0.1, 0.15) is 1.43 Å². The first kappa shape index (κ1) is 70.7. The van der Waals surface area contributed by atoms with Gasteiger partial charge in [-0.3, -0.25) is 4.79 Å². The van der Waals surface area contributed by atoms with Crippen LogP contribution in [-0.2, 0) is 14.3 Å². The highest BCUT2D eigenvalue weighted by atomic mass is 19.4. The molecule has 0 aromatic carbocycles. The zero-order valence-electron chi connectivity index (χ0n) is 30.8. The van der Waals surface area contributed by atoms with Gasteiger partial charge in [-0.1, -0.05) is 6.58 Å². The summed E-state index contributed by atoms with van der Waals surface area (Å²) in [5, 5.41) is 40.3. The maximum absolute atomic E-state index is 13.4. The van der Waals surface area contributed by atoms with Crippen molar-refractivity contribution >= 4 is 11.8 Å². The van der Waals surface area contributed by atoms with Crippen molar-refractivity contribution in [2.45, 2.75) is 122 Å². The van der Waals surface area contributed by atoms with Crippen LogP contribution in [0.3, 0.4) is 0 Å². The van der Waals surface area contributed by atoms with Gasteiger partial charge in [0.2, 0.25) is 12.2 Å². The van der Waals surface area contributed by atoms with E-state index >= 15 is 0 Å². The highest BCUT2D eigenvalue weighted by Crippen LogP contribution is 2.53. The van der Waals surface area contributed by atoms with Gasteiger partial charge >= 0.3 is 78.9 Å². The van der Waals surface area contributed by atoms with Gasteiger partial charge in [0.25, 0.3) is 42.2 Å². The number of carbonyl (C=O) groups is 2. The summed E-state index contributed by atoms with van der Waals surface area (Å²) in [7, 11) is 0. The van der Waals surface area contributed by atoms with Crippen LogP contribution in [0.4, 0.5) is 158 Å². The molecule has 0 aliphatic carbocycles. The number of hydrogen-bond donors (Lipinski definition) is 5. The second-order valence-corrected chi connectivity index (χ2v) is 11.3. The van der Waals surface area contributed by atoms with E-state index in [1.807, 2.05) is 0 Å². The summed E-state index contributed by atoms with van der Waals surface area (Å²) in [6, 6.07) is 0. The van der Waals surface area contributed by atoms with Gasteiger partial charge in [-0.15, -0.1) is 0 Å². The van der Waals surface area contributed by atoms with Crippen LogP contribution in [-0.4, -0.2) is 159 Å². The Bertz CT molecular complexity index is 1610. The Morgan fingerprint density at radius 3 is 0.838 bits per heavy atom. The molecule has 0 rings (SSSR count). The first-order valence-corrected chi connectivity index (χ1v) is 14.3. The predicted molar refractivity (Wildman–Crippen MR) is 134 cm³/mol. The Labute approximate surface area is 346 Å². The molecular weight excluding hydrogens is 1100 g/mol. The molecule has 0 radical (unpaired) electrons. The van der Waals surface area contributed by atoms with Crippen molar-refractivity contribution in [1.29, 1.82) is 0 Å². The van der Waals surface area contributed by atoms with Gasteiger partial charge in [0.05, 0.1) is 0 Å². The van der Waals surface area contributed by atoms with E-state index in [4.69, 9.17) is 25.5 Å². The van der Waals surface area contributed by atoms with E-state index in [0.29, 0.717) is 0 Å². The molecule has 8 nitrogen and oxygen atoms in total. The van der Waals surface area contributed by atoms with Crippen LogP contribution in [0.5, 0.6) is 0 Å². The minimum absolute atomic E-state index is 0. The van der Waals surface area contributed by atoms with Crippen molar-refractivity contribution < 1.29 is 199 Å². The van der Waals surface area contributed by atoms with Crippen LogP contribution < -0.4 is 0 Å². The lowest BCUT2D eigenvalue weighted by molar-refractivity contribution is -0.401. The summed E-state index contributed by atoms with van der Waals surface area (Å²) in [5.41, 5.74) is -19.1. The Kier molecular flexibility index (Phi) is 22.5. The Morgan fingerprint density at radius 2 is 0.676 bits per heavy atom. The summed E-state index contributed by atoms with van der Waals surface area (Å²) in [5.74, 6) is -26.7. The number of esters is 1. The van der Waals surface area contributed by atoms with E-state index in [0.717, 1.165) is 0 Å². The van der Waals surface area contributed by atoms with Crippen LogP contribution >= 0.6 is 0 Å². The summed E-state index contributed by atoms with van der Waals surface area (Å²) in [4.78, 5) is 20.6. The number of hydrogen-bond acceptors (Lipinski definition) is 8. The molecule has 0 spiro atoms. The molecule has 412 valence electrons. The number of ketones is 1. The van der Waals surface area contributed by atoms with Gasteiger partial charge < -0.3 is 31.7 Å². The van der Waals surface area contributed by atoms with Crippen LogP contribution in [0.15, 0.2) is 12.7 Å². The summed E-state index contributed by atoms with van der Waals surface area (Å²) >= 11 is 0. The van der Waals surface area contributed by atoms with Crippen molar-refractivity contribution in [3.63, 3.8) is 0 Å². The SMILES string of the molecule is C=CC(=O)OC(C(F)(F)F)C(F)(F)C(O)(C(F)F)C(F)(F)F.O=C(C(F)(F)F)C(F)(F)C(O)(C(F)F)C(F)(F)F.OC(C(F)(F)F)C(F)(F)C(O)(C(F)F)C(F)(F)F.OC(C(F)(F)F)C(F)(F)F.[H-]. The maximum atomic E-state index is 13.4. The minimum Gasteiger partial charge on any atom is -1.00 e. The molecule has 68 heavy (non-hydrogen) atoms. The molecule has 0 fully saturated rings. The van der Waals surface area contributed by atoms with Crippen LogP contribution in [0.25, 0.3) is 0 Å². The number of halogens is 36. The third kappa shape index (κ3) is 15.6. The van der Waals surface area contributed by atoms with Crippen LogP contribution in [0.2, 0.25) is 0 Å². The predicted octanol–water partition coefficient (Wildman–Crippen LogP) is 8.84. The molecule has 0 aromatic heterocycles. The van der Waals surface area contributed by atoms with E-state index in [1.165, 1.54) is 0 Å². The molecule has 5 atom stereocenters. The molecule has 0 saturated carbocycles. The first-order chi connectivity index (χ1) is 28.9. The zero-order valence-corrected chi connectivity index (χ0v) is 29.8. The van der Waals surface area contributed by atoms with Crippen molar-refractivity contribution in [3.8, 4) is 0 Å². The Balaban J connectivity index is -0.000000270. The number of Topliss-reactive ketones (excluding diaryl/α,β-unsaturated/α-hetero) is 1. The topological polar surface area (TPSA) is 145 Å². The highest BCUT2D eigenvalue weighted by molar-refractivity contribution is 5.92. The molecule has 0 amide bonds. The second kappa shape index (κ2) is 21.7. The average molecular weight is 1120 g/mol. The quantitative estimate of drug-likeness (QED) is 0.0785. The lowest BCUT2D eigenvalue weighted by atomic mass is 9.90. The molecule has 44 heteroatoms. The fourth-order valence-electron chi connectivity index (χ4n) is 3.02. The lowest BCUT2D eigenvalue weighted by Crippen LogP contribution is -2.70. The van der Waals surface area contributed by atoms with Crippen molar-refractivity contribution in [3.05, 3.63) is 12.7 Å². The van der Waals surface area contributed by atoms with E-state index in [9.17, 15) is 168 Å². The normalized spacial score (nSPS) is 17.8. The Hall–Kier alpha value is -3.84. The molecule has 5 unspecified atom stereocenters. The number of carbonyl (C=O) groups excluding carboxylic acids is 2. The van der Waals surface area contributed by atoms with Gasteiger partial charge in [-0.05, 0) is 0 Å². The number of aliphatic hydroxyl groups excluding tert-OH is 2. The van der Waals surface area contributed by atoms with Crippen molar-refractivity contribution in [2.24, 2.45) is 0 Å². The van der Waals surface area contributed by atoms with E-state index in [1.54, 1.807) is 0 Å². The van der Waals surface area contributed by atoms with Gasteiger partial charge in [0.15, 0.2) is 0 Å². The first-order valence-electron chi connectivity index (χ1n) is 14.3. The van der Waals surface area contributed by atoms with E-state index < -0.39 is 133 Å². The molecule has 0 aromatic rings. The number of rotatable bonds is 11. The van der Waals surface area contributed by atoms with Crippen molar-refractivity contribution in [1.82, 2.24) is 0 Å². The van der Waals surface area contributed by atoms with Crippen LogP contribution in [0, 0.1) is 0 Å². The van der Waals surface area contributed by atoms with Gasteiger partial charge in [-0.2, -0.15) is 132 Å². The van der Waals surface area contributed by atoms with Crippen molar-refractivity contribution in [2.75, 3.05) is 0 Å². The summed E-state index contributed by atoms with van der Waals surface area (Å²) in [6.07, 6.45) is -81.5. The average Bonchev–Trinajstić information content (AvgIpc) is 3.08. The fraction of sp³-hybridized carbons (Fsp3) is 0.833.